The molecule has 1 aliphatic rings. The van der Waals surface area contributed by atoms with Gasteiger partial charge >= 0.3 is 5.97 Å². The highest BCUT2D eigenvalue weighted by Crippen LogP contribution is 2.26. The van der Waals surface area contributed by atoms with Crippen molar-refractivity contribution in [2.75, 3.05) is 13.2 Å². The molecule has 0 radical (unpaired) electrons. The highest BCUT2D eigenvalue weighted by atomic mass is 16.7. The summed E-state index contributed by atoms with van der Waals surface area (Å²) in [5.41, 5.74) is 0. The van der Waals surface area contributed by atoms with Gasteiger partial charge in [-0.1, -0.05) is 228 Å². The maximum Gasteiger partial charge on any atom is 0.306 e. The van der Waals surface area contributed by atoms with Crippen LogP contribution in [0.2, 0.25) is 0 Å². The van der Waals surface area contributed by atoms with Crippen LogP contribution in [0.15, 0.2) is 85.1 Å². The third-order valence-electron chi connectivity index (χ3n) is 13.3. The highest BCUT2D eigenvalue weighted by molar-refractivity contribution is 5.80. The third-order valence-corrected chi connectivity index (χ3v) is 13.3. The molecule has 73 heavy (non-hydrogen) atoms. The lowest BCUT2D eigenvalue weighted by atomic mass is 9.99. The number of unbranched alkanes of at least 4 members (excludes halogenated alkanes) is 24. The second kappa shape index (κ2) is 49.7. The Labute approximate surface area is 444 Å². The molecule has 1 aliphatic heterocycles. The number of nitrogens with one attached hydrogen (secondary N) is 1. The number of amides is 1. The van der Waals surface area contributed by atoms with Gasteiger partial charge in [-0.05, 0) is 83.5 Å². The molecule has 0 aromatic heterocycles. The molecule has 11 nitrogen and oxygen atoms in total. The van der Waals surface area contributed by atoms with Crippen LogP contribution in [0.4, 0.5) is 0 Å². The number of allylic oxidation sites excluding steroid dienone is 13. The summed E-state index contributed by atoms with van der Waals surface area (Å²) >= 11 is 0. The number of hydrogen-bond acceptors (Lipinski definition) is 10. The van der Waals surface area contributed by atoms with E-state index in [1.54, 1.807) is 6.08 Å². The molecule has 8 atom stereocenters. The fraction of sp³-hybridized carbons (Fsp3) is 0.742. The van der Waals surface area contributed by atoms with Crippen molar-refractivity contribution < 1.29 is 49.3 Å². The summed E-state index contributed by atoms with van der Waals surface area (Å²) in [7, 11) is 0. The fourth-order valence-corrected chi connectivity index (χ4v) is 8.66. The first-order valence-electron chi connectivity index (χ1n) is 29.4. The molecule has 1 rings (SSSR count). The van der Waals surface area contributed by atoms with Crippen LogP contribution >= 0.6 is 0 Å². The first kappa shape index (κ1) is 67.9. The number of esters is 1. The summed E-state index contributed by atoms with van der Waals surface area (Å²) < 4.78 is 17.6. The predicted molar refractivity (Wildman–Crippen MR) is 301 cm³/mol. The number of carbonyl (C=O) groups excluding carboxylic acids is 2. The molecule has 1 amide bonds. The Balaban J connectivity index is 2.76. The van der Waals surface area contributed by atoms with Crippen molar-refractivity contribution in [3.05, 3.63) is 85.1 Å². The van der Waals surface area contributed by atoms with Gasteiger partial charge in [-0.3, -0.25) is 9.59 Å². The second-order valence-electron chi connectivity index (χ2n) is 20.1. The molecule has 0 saturated carbocycles. The zero-order chi connectivity index (χ0) is 53.3. The number of rotatable bonds is 48. The molecular formula is C62H107NO10. The third kappa shape index (κ3) is 38.1. The van der Waals surface area contributed by atoms with Crippen LogP contribution in [0.25, 0.3) is 0 Å². The maximum atomic E-state index is 13.4. The van der Waals surface area contributed by atoms with Gasteiger partial charge in [0, 0.05) is 6.42 Å². The first-order valence-corrected chi connectivity index (χ1v) is 29.4. The number of aliphatic hydroxyl groups excluding tert-OH is 5. The minimum atomic E-state index is -1.63. The van der Waals surface area contributed by atoms with E-state index in [0.717, 1.165) is 109 Å². The lowest BCUT2D eigenvalue weighted by Crippen LogP contribution is -2.61. The van der Waals surface area contributed by atoms with Crippen molar-refractivity contribution in [1.82, 2.24) is 5.32 Å². The topological polar surface area (TPSA) is 175 Å². The van der Waals surface area contributed by atoms with Gasteiger partial charge < -0.3 is 45.1 Å². The molecule has 0 aromatic carbocycles. The van der Waals surface area contributed by atoms with E-state index >= 15 is 0 Å². The predicted octanol–water partition coefficient (Wildman–Crippen LogP) is 13.4. The Kier molecular flexibility index (Phi) is 46.2. The van der Waals surface area contributed by atoms with Crippen LogP contribution in [0.3, 0.4) is 0 Å². The number of carbonyl (C=O) groups is 2. The van der Waals surface area contributed by atoms with E-state index in [9.17, 15) is 35.1 Å². The number of hydrogen-bond donors (Lipinski definition) is 6. The van der Waals surface area contributed by atoms with E-state index in [1.165, 1.54) is 77.0 Å². The van der Waals surface area contributed by atoms with Gasteiger partial charge in [0.1, 0.15) is 24.4 Å². The molecule has 11 heteroatoms. The van der Waals surface area contributed by atoms with Gasteiger partial charge in [0.15, 0.2) is 12.4 Å². The average Bonchev–Trinajstić information content (AvgIpc) is 3.39. The highest BCUT2D eigenvalue weighted by Gasteiger charge is 2.47. The maximum absolute atomic E-state index is 13.4. The van der Waals surface area contributed by atoms with Crippen LogP contribution in [-0.2, 0) is 23.8 Å². The van der Waals surface area contributed by atoms with Crippen molar-refractivity contribution in [3.63, 3.8) is 0 Å². The summed E-state index contributed by atoms with van der Waals surface area (Å²) in [6, 6.07) is -1.04. The zero-order valence-electron chi connectivity index (χ0n) is 46.2. The van der Waals surface area contributed by atoms with Gasteiger partial charge in [0.2, 0.25) is 5.91 Å². The van der Waals surface area contributed by atoms with Crippen LogP contribution in [-0.4, -0.2) is 99.6 Å². The SMILES string of the molecule is CC/C=C/C=C/C=C/CCCCCCCCCC(=O)OC1C(OCC(NC(=O)C(O)CCCCC/C=C\C/C=C\C/C=C\CCCCC)C(O)/C=C/CCCCCCCCCCCCC)OC(CO)C(O)C1O. The van der Waals surface area contributed by atoms with Crippen molar-refractivity contribution in [1.29, 1.82) is 0 Å². The molecule has 420 valence electrons. The summed E-state index contributed by atoms with van der Waals surface area (Å²) in [5.74, 6) is -1.23. The molecule has 0 aromatic rings. The summed E-state index contributed by atoms with van der Waals surface area (Å²) in [4.78, 5) is 26.5. The Morgan fingerprint density at radius 2 is 1.04 bits per heavy atom. The monoisotopic (exact) mass is 1030 g/mol. The van der Waals surface area contributed by atoms with E-state index in [-0.39, 0.29) is 19.4 Å². The van der Waals surface area contributed by atoms with E-state index in [0.29, 0.717) is 12.8 Å². The zero-order valence-corrected chi connectivity index (χ0v) is 46.2. The van der Waals surface area contributed by atoms with E-state index in [1.807, 2.05) is 12.2 Å². The molecule has 1 heterocycles. The minimum absolute atomic E-state index is 0.103. The normalized spacial score (nSPS) is 20.0. The van der Waals surface area contributed by atoms with Crippen molar-refractivity contribution in [2.24, 2.45) is 0 Å². The Morgan fingerprint density at radius 1 is 0.562 bits per heavy atom. The van der Waals surface area contributed by atoms with Crippen LogP contribution < -0.4 is 5.32 Å². The Morgan fingerprint density at radius 3 is 1.62 bits per heavy atom. The quantitative estimate of drug-likeness (QED) is 0.0149. The molecule has 0 spiro atoms. The van der Waals surface area contributed by atoms with Gasteiger partial charge in [-0.15, -0.1) is 0 Å². The number of aliphatic hydroxyl groups is 5. The molecule has 0 aliphatic carbocycles. The van der Waals surface area contributed by atoms with Crippen LogP contribution in [0.5, 0.6) is 0 Å². The molecule has 1 fully saturated rings. The van der Waals surface area contributed by atoms with Crippen molar-refractivity contribution in [3.8, 4) is 0 Å². The molecular weight excluding hydrogens is 919 g/mol. The molecule has 1 saturated heterocycles. The first-order chi connectivity index (χ1) is 35.7. The standard InChI is InChI=1S/C62H107NO10/c1-4-7-10-13-16-19-22-25-27-29-31-34-37-40-43-46-49-55(66)61(70)63-53(54(65)48-45-42-39-36-33-30-24-21-18-15-12-9-6-3)52-71-62-60(59(69)58(68)56(51-64)72-62)73-57(67)50-47-44-41-38-35-32-28-26-23-20-17-14-11-8-5-2/h8,11,14,16-17,19-20,23,25,27,31,34,45,48,53-56,58-60,62,64-66,68-69H,4-7,9-10,12-13,15,18,21-22,24,26,28-30,32-33,35-44,46-47,49-52H2,1-3H3,(H,63,70)/b11-8+,17-14+,19-16-,23-20+,27-25-,34-31-,48-45+. The van der Waals surface area contributed by atoms with E-state index in [2.05, 4.69) is 92.9 Å². The molecule has 0 bridgehead atoms. The molecule has 8 unspecified atom stereocenters. The van der Waals surface area contributed by atoms with Crippen molar-refractivity contribution in [2.45, 2.75) is 282 Å². The fourth-order valence-electron chi connectivity index (χ4n) is 8.66. The summed E-state index contributed by atoms with van der Waals surface area (Å²) in [5, 5.41) is 56.8. The Hall–Kier alpha value is -3.16. The lowest BCUT2D eigenvalue weighted by molar-refractivity contribution is -0.305. The van der Waals surface area contributed by atoms with Gasteiger partial charge in [-0.2, -0.15) is 0 Å². The van der Waals surface area contributed by atoms with Crippen molar-refractivity contribution >= 4 is 11.9 Å². The van der Waals surface area contributed by atoms with Crippen LogP contribution in [0, 0.1) is 0 Å². The Bertz CT molecular complexity index is 1510. The van der Waals surface area contributed by atoms with Gasteiger partial charge in [0.25, 0.3) is 0 Å². The largest absolute Gasteiger partial charge is 0.454 e. The molecule has 6 N–H and O–H groups in total. The van der Waals surface area contributed by atoms with E-state index in [4.69, 9.17) is 14.2 Å². The van der Waals surface area contributed by atoms with E-state index < -0.39 is 67.4 Å². The van der Waals surface area contributed by atoms with Crippen LogP contribution in [0.1, 0.15) is 233 Å². The average molecular weight is 1030 g/mol. The summed E-state index contributed by atoms with van der Waals surface area (Å²) in [6.07, 6.45) is 53.3. The van der Waals surface area contributed by atoms with Gasteiger partial charge in [-0.25, -0.2) is 0 Å². The smallest absolute Gasteiger partial charge is 0.306 e. The number of ether oxygens (including phenoxy) is 3. The summed E-state index contributed by atoms with van der Waals surface area (Å²) in [6.45, 7) is 5.60. The minimum Gasteiger partial charge on any atom is -0.454 e. The lowest BCUT2D eigenvalue weighted by Gasteiger charge is -2.41. The van der Waals surface area contributed by atoms with Gasteiger partial charge in [0.05, 0.1) is 25.4 Å². The second-order valence-corrected chi connectivity index (χ2v) is 20.1.